The summed E-state index contributed by atoms with van der Waals surface area (Å²) in [6, 6.07) is 6.47. The molecule has 1 N–H and O–H groups in total. The van der Waals surface area contributed by atoms with Crippen molar-refractivity contribution in [3.63, 3.8) is 0 Å². The highest BCUT2D eigenvalue weighted by atomic mass is 35.5. The van der Waals surface area contributed by atoms with E-state index in [0.29, 0.717) is 16.1 Å². The van der Waals surface area contributed by atoms with Gasteiger partial charge in [0.1, 0.15) is 0 Å². The highest BCUT2D eigenvalue weighted by molar-refractivity contribution is 7.99. The van der Waals surface area contributed by atoms with Gasteiger partial charge in [-0.25, -0.2) is 0 Å². The van der Waals surface area contributed by atoms with Crippen molar-refractivity contribution >= 4 is 35.0 Å². The Morgan fingerprint density at radius 1 is 1.28 bits per heavy atom. The summed E-state index contributed by atoms with van der Waals surface area (Å²) < 4.78 is 0. The van der Waals surface area contributed by atoms with Gasteiger partial charge in [-0.3, -0.25) is 0 Å². The fraction of sp³-hybridized carbons (Fsp3) is 0.571. The zero-order chi connectivity index (χ0) is 13.0. The molecule has 4 heteroatoms. The van der Waals surface area contributed by atoms with Crippen molar-refractivity contribution in [1.82, 2.24) is 5.32 Å². The second-order valence-corrected chi connectivity index (χ2v) is 6.73. The Kier molecular flexibility index (Phi) is 5.68. The lowest BCUT2D eigenvalue weighted by Gasteiger charge is -2.22. The summed E-state index contributed by atoms with van der Waals surface area (Å²) in [5, 5.41) is 4.73. The van der Waals surface area contributed by atoms with Gasteiger partial charge in [0.25, 0.3) is 0 Å². The molecule has 0 aliphatic heterocycles. The molecule has 0 spiro atoms. The molecule has 18 heavy (non-hydrogen) atoms. The summed E-state index contributed by atoms with van der Waals surface area (Å²) in [4.78, 5) is 1.20. The van der Waals surface area contributed by atoms with E-state index >= 15 is 0 Å². The molecule has 0 heterocycles. The average molecular weight is 304 g/mol. The number of nitrogens with one attached hydrogen (secondary N) is 1. The lowest BCUT2D eigenvalue weighted by molar-refractivity contribution is 0.410. The second-order valence-electron chi connectivity index (χ2n) is 4.83. The first-order chi connectivity index (χ1) is 8.70. The highest BCUT2D eigenvalue weighted by Gasteiger charge is 2.23. The molecule has 1 nitrogen and oxygen atoms in total. The Labute approximate surface area is 124 Å². The van der Waals surface area contributed by atoms with Gasteiger partial charge >= 0.3 is 0 Å². The number of halogens is 2. The average Bonchev–Trinajstić information content (AvgIpc) is 2.88. The monoisotopic (exact) mass is 303 g/mol. The molecule has 1 fully saturated rings. The normalized spacial score (nSPS) is 18.2. The van der Waals surface area contributed by atoms with E-state index < -0.39 is 0 Å². The van der Waals surface area contributed by atoms with Crippen molar-refractivity contribution in [3.05, 3.63) is 28.2 Å². The predicted molar refractivity (Wildman–Crippen MR) is 82.0 cm³/mol. The molecule has 0 aromatic heterocycles. The van der Waals surface area contributed by atoms with Gasteiger partial charge in [-0.1, -0.05) is 36.0 Å². The van der Waals surface area contributed by atoms with Crippen molar-refractivity contribution in [2.24, 2.45) is 5.92 Å². The van der Waals surface area contributed by atoms with Crippen LogP contribution in [0.25, 0.3) is 0 Å². The molecular weight excluding hydrogens is 285 g/mol. The number of hydrogen-bond acceptors (Lipinski definition) is 2. The molecule has 1 aromatic rings. The number of rotatable bonds is 5. The largest absolute Gasteiger partial charge is 0.316 e. The maximum Gasteiger partial charge on any atom is 0.0603 e. The molecule has 2 rings (SSSR count). The Hall–Kier alpha value is 0.110. The standard InChI is InChI=1S/C14H19Cl2NS/c1-17-14(10-4-2-3-5-10)9-18-11-6-7-12(15)13(16)8-11/h6-8,10,14,17H,2-5,9H2,1H3. The molecule has 1 aliphatic carbocycles. The van der Waals surface area contributed by atoms with Gasteiger partial charge in [0.2, 0.25) is 0 Å². The summed E-state index contributed by atoms with van der Waals surface area (Å²) in [7, 11) is 2.07. The van der Waals surface area contributed by atoms with Crippen LogP contribution < -0.4 is 5.32 Å². The lowest BCUT2D eigenvalue weighted by atomic mass is 10.0. The molecule has 100 valence electrons. The van der Waals surface area contributed by atoms with Crippen LogP contribution in [-0.2, 0) is 0 Å². The smallest absolute Gasteiger partial charge is 0.0603 e. The number of benzene rings is 1. The highest BCUT2D eigenvalue weighted by Crippen LogP contribution is 2.32. The first-order valence-electron chi connectivity index (χ1n) is 6.46. The van der Waals surface area contributed by atoms with Gasteiger partial charge in [0.05, 0.1) is 10.0 Å². The van der Waals surface area contributed by atoms with E-state index in [1.165, 1.54) is 30.6 Å². The second kappa shape index (κ2) is 7.04. The predicted octanol–water partition coefficient (Wildman–Crippen LogP) is 4.86. The molecule has 0 bridgehead atoms. The van der Waals surface area contributed by atoms with E-state index in [2.05, 4.69) is 12.4 Å². The molecule has 1 saturated carbocycles. The minimum absolute atomic E-state index is 0.604. The molecule has 0 amide bonds. The van der Waals surface area contributed by atoms with Gasteiger partial charge < -0.3 is 5.32 Å². The Morgan fingerprint density at radius 3 is 2.61 bits per heavy atom. The number of hydrogen-bond donors (Lipinski definition) is 1. The van der Waals surface area contributed by atoms with Crippen LogP contribution in [0, 0.1) is 5.92 Å². The maximum absolute atomic E-state index is 6.03. The first kappa shape index (κ1) is 14.5. The van der Waals surface area contributed by atoms with E-state index in [9.17, 15) is 0 Å². The zero-order valence-corrected chi connectivity index (χ0v) is 12.9. The molecular formula is C14H19Cl2NS. The third kappa shape index (κ3) is 3.80. The fourth-order valence-electron chi connectivity index (χ4n) is 2.57. The quantitative estimate of drug-likeness (QED) is 0.779. The summed E-state index contributed by atoms with van der Waals surface area (Å²) in [6.07, 6.45) is 5.52. The summed E-state index contributed by atoms with van der Waals surface area (Å²) >= 11 is 13.8. The van der Waals surface area contributed by atoms with Crippen LogP contribution >= 0.6 is 35.0 Å². The minimum atomic E-state index is 0.604. The Bertz CT molecular complexity index is 391. The van der Waals surface area contributed by atoms with Gasteiger partial charge in [0.15, 0.2) is 0 Å². The molecule has 1 unspecified atom stereocenters. The maximum atomic E-state index is 6.03. The molecule has 0 saturated heterocycles. The van der Waals surface area contributed by atoms with Crippen molar-refractivity contribution < 1.29 is 0 Å². The van der Waals surface area contributed by atoms with Crippen LogP contribution in [0.2, 0.25) is 10.0 Å². The van der Waals surface area contributed by atoms with Crippen LogP contribution in [0.1, 0.15) is 25.7 Å². The fourth-order valence-corrected chi connectivity index (χ4v) is 4.11. The van der Waals surface area contributed by atoms with E-state index in [-0.39, 0.29) is 0 Å². The molecule has 1 aliphatic rings. The Morgan fingerprint density at radius 2 is 2.00 bits per heavy atom. The SMILES string of the molecule is CNC(CSc1ccc(Cl)c(Cl)c1)C1CCCC1. The van der Waals surface area contributed by atoms with Gasteiger partial charge in [-0.15, -0.1) is 11.8 Å². The van der Waals surface area contributed by atoms with Crippen LogP contribution in [0.4, 0.5) is 0 Å². The van der Waals surface area contributed by atoms with Crippen LogP contribution in [0.15, 0.2) is 23.1 Å². The van der Waals surface area contributed by atoms with Gasteiger partial charge in [-0.05, 0) is 44.0 Å². The third-order valence-electron chi connectivity index (χ3n) is 3.66. The molecule has 1 atom stereocenters. The zero-order valence-electron chi connectivity index (χ0n) is 10.6. The van der Waals surface area contributed by atoms with E-state index in [1.54, 1.807) is 0 Å². The van der Waals surface area contributed by atoms with Gasteiger partial charge in [0, 0.05) is 16.7 Å². The first-order valence-corrected chi connectivity index (χ1v) is 8.20. The number of thioether (sulfide) groups is 1. The third-order valence-corrected chi connectivity index (χ3v) is 5.51. The summed E-state index contributed by atoms with van der Waals surface area (Å²) in [5.74, 6) is 1.93. The lowest BCUT2D eigenvalue weighted by Crippen LogP contribution is -2.34. The summed E-state index contributed by atoms with van der Waals surface area (Å²) in [5.41, 5.74) is 0. The Balaban J connectivity index is 1.90. The van der Waals surface area contributed by atoms with Crippen LogP contribution in [0.3, 0.4) is 0 Å². The van der Waals surface area contributed by atoms with Crippen LogP contribution in [-0.4, -0.2) is 18.8 Å². The van der Waals surface area contributed by atoms with Crippen molar-refractivity contribution in [2.75, 3.05) is 12.8 Å². The van der Waals surface area contributed by atoms with Crippen molar-refractivity contribution in [2.45, 2.75) is 36.6 Å². The summed E-state index contributed by atoms with van der Waals surface area (Å²) in [6.45, 7) is 0. The van der Waals surface area contributed by atoms with Crippen molar-refractivity contribution in [3.8, 4) is 0 Å². The van der Waals surface area contributed by atoms with Gasteiger partial charge in [-0.2, -0.15) is 0 Å². The van der Waals surface area contributed by atoms with E-state index in [0.717, 1.165) is 11.7 Å². The molecule has 1 aromatic carbocycles. The molecule has 0 radical (unpaired) electrons. The minimum Gasteiger partial charge on any atom is -0.316 e. The van der Waals surface area contributed by atoms with Crippen LogP contribution in [0.5, 0.6) is 0 Å². The van der Waals surface area contributed by atoms with E-state index in [4.69, 9.17) is 23.2 Å². The van der Waals surface area contributed by atoms with E-state index in [1.807, 2.05) is 30.0 Å². The topological polar surface area (TPSA) is 12.0 Å². The van der Waals surface area contributed by atoms with Crippen molar-refractivity contribution in [1.29, 1.82) is 0 Å².